The van der Waals surface area contributed by atoms with Gasteiger partial charge in [0.15, 0.2) is 0 Å². The molecule has 3 nitrogen and oxygen atoms in total. The highest BCUT2D eigenvalue weighted by Crippen LogP contribution is 2.08. The van der Waals surface area contributed by atoms with E-state index in [1.807, 2.05) is 0 Å². The number of benzene rings is 1. The molecule has 0 bridgehead atoms. The number of esters is 1. The highest BCUT2D eigenvalue weighted by molar-refractivity contribution is 5.75. The molecule has 1 atom stereocenters. The Morgan fingerprint density at radius 3 is 2.78 bits per heavy atom. The minimum atomic E-state index is -0.366. The van der Waals surface area contributed by atoms with Crippen molar-refractivity contribution in [3.8, 4) is 0 Å². The molecule has 0 aliphatic rings. The molecule has 0 aliphatic heterocycles. The van der Waals surface area contributed by atoms with Crippen LogP contribution in [0.2, 0.25) is 0 Å². The molecule has 1 unspecified atom stereocenters. The largest absolute Gasteiger partial charge is 0.468 e. The molecule has 0 saturated carbocycles. The van der Waals surface area contributed by atoms with Crippen LogP contribution in [0.5, 0.6) is 0 Å². The third-order valence-corrected chi connectivity index (χ3v) is 2.83. The lowest BCUT2D eigenvalue weighted by Gasteiger charge is -2.16. The van der Waals surface area contributed by atoms with Crippen LogP contribution in [-0.4, -0.2) is 19.1 Å². The highest BCUT2D eigenvalue weighted by Gasteiger charge is 2.18. The molecular formula is C14H20FNO2. The summed E-state index contributed by atoms with van der Waals surface area (Å²) in [7, 11) is 1.37. The summed E-state index contributed by atoms with van der Waals surface area (Å²) >= 11 is 0. The summed E-state index contributed by atoms with van der Waals surface area (Å²) in [4.78, 5) is 11.5. The van der Waals surface area contributed by atoms with E-state index < -0.39 is 0 Å². The number of carbonyl (C=O) groups is 1. The predicted molar refractivity (Wildman–Crippen MR) is 68.6 cm³/mol. The first-order valence-corrected chi connectivity index (χ1v) is 6.23. The van der Waals surface area contributed by atoms with Crippen molar-refractivity contribution in [3.05, 3.63) is 35.6 Å². The van der Waals surface area contributed by atoms with Gasteiger partial charge >= 0.3 is 5.97 Å². The predicted octanol–water partition coefficient (Wildman–Crippen LogP) is 2.65. The number of halogens is 1. The molecule has 0 amide bonds. The van der Waals surface area contributed by atoms with Gasteiger partial charge in [0.05, 0.1) is 7.11 Å². The maximum absolute atomic E-state index is 13.4. The Morgan fingerprint density at radius 2 is 2.17 bits per heavy atom. The van der Waals surface area contributed by atoms with Gasteiger partial charge in [0.2, 0.25) is 0 Å². The van der Waals surface area contributed by atoms with E-state index in [9.17, 15) is 9.18 Å². The molecule has 0 heterocycles. The number of rotatable bonds is 7. The zero-order chi connectivity index (χ0) is 13.4. The summed E-state index contributed by atoms with van der Waals surface area (Å²) < 4.78 is 18.2. The minimum Gasteiger partial charge on any atom is -0.468 e. The first-order chi connectivity index (χ1) is 8.69. The third kappa shape index (κ3) is 4.45. The second-order valence-electron chi connectivity index (χ2n) is 4.19. The summed E-state index contributed by atoms with van der Waals surface area (Å²) in [5, 5.41) is 3.05. The molecule has 0 radical (unpaired) electrons. The van der Waals surface area contributed by atoms with Gasteiger partial charge in [-0.3, -0.25) is 4.79 Å². The van der Waals surface area contributed by atoms with Crippen molar-refractivity contribution in [1.29, 1.82) is 0 Å². The first kappa shape index (κ1) is 14.6. The van der Waals surface area contributed by atoms with Crippen LogP contribution in [0.3, 0.4) is 0 Å². The van der Waals surface area contributed by atoms with Crippen LogP contribution in [0.25, 0.3) is 0 Å². The van der Waals surface area contributed by atoms with Crippen molar-refractivity contribution in [2.24, 2.45) is 0 Å². The zero-order valence-electron chi connectivity index (χ0n) is 10.9. The van der Waals surface area contributed by atoms with Crippen LogP contribution >= 0.6 is 0 Å². The lowest BCUT2D eigenvalue weighted by atomic mass is 10.1. The number of unbranched alkanes of at least 4 members (excludes halogenated alkanes) is 1. The molecular weight excluding hydrogens is 233 g/mol. The van der Waals surface area contributed by atoms with Crippen molar-refractivity contribution < 1.29 is 13.9 Å². The number of carbonyl (C=O) groups excluding carboxylic acids is 1. The molecule has 1 rings (SSSR count). The van der Waals surface area contributed by atoms with E-state index in [0.29, 0.717) is 18.5 Å². The lowest BCUT2D eigenvalue weighted by molar-refractivity contribution is -0.143. The molecule has 4 heteroatoms. The molecule has 1 aromatic carbocycles. The summed E-state index contributed by atoms with van der Waals surface area (Å²) in [6, 6.07) is 6.18. The number of methoxy groups -OCH3 is 1. The second kappa shape index (κ2) is 7.82. The average molecular weight is 253 g/mol. The van der Waals surface area contributed by atoms with Crippen molar-refractivity contribution in [3.63, 3.8) is 0 Å². The fourth-order valence-corrected chi connectivity index (χ4v) is 1.73. The van der Waals surface area contributed by atoms with Gasteiger partial charge in [-0.05, 0) is 12.5 Å². The number of ether oxygens (including phenoxy) is 1. The average Bonchev–Trinajstić information content (AvgIpc) is 2.40. The number of nitrogens with one attached hydrogen (secondary N) is 1. The molecule has 1 N–H and O–H groups in total. The van der Waals surface area contributed by atoms with Gasteiger partial charge in [0.1, 0.15) is 11.9 Å². The van der Waals surface area contributed by atoms with Gasteiger partial charge in [0, 0.05) is 12.1 Å². The van der Waals surface area contributed by atoms with E-state index in [1.54, 1.807) is 18.2 Å². The van der Waals surface area contributed by atoms with Crippen molar-refractivity contribution in [2.45, 2.75) is 38.8 Å². The van der Waals surface area contributed by atoms with E-state index in [-0.39, 0.29) is 17.8 Å². The van der Waals surface area contributed by atoms with Gasteiger partial charge < -0.3 is 10.1 Å². The smallest absolute Gasteiger partial charge is 0.322 e. The Kier molecular flexibility index (Phi) is 6.36. The monoisotopic (exact) mass is 253 g/mol. The molecule has 0 saturated heterocycles. The fraction of sp³-hybridized carbons (Fsp3) is 0.500. The third-order valence-electron chi connectivity index (χ3n) is 2.83. The highest BCUT2D eigenvalue weighted by atomic mass is 19.1. The fourth-order valence-electron chi connectivity index (χ4n) is 1.73. The van der Waals surface area contributed by atoms with Gasteiger partial charge in [-0.1, -0.05) is 38.0 Å². The SMILES string of the molecule is CCCCC(NCc1ccccc1F)C(=O)OC. The summed E-state index contributed by atoms with van der Waals surface area (Å²) in [6.07, 6.45) is 2.65. The quantitative estimate of drug-likeness (QED) is 0.759. The van der Waals surface area contributed by atoms with Crippen LogP contribution in [0, 0.1) is 5.82 Å². The van der Waals surface area contributed by atoms with Crippen molar-refractivity contribution in [2.75, 3.05) is 7.11 Å². The standard InChI is InChI=1S/C14H20FNO2/c1-3-4-9-13(14(17)18-2)16-10-11-7-5-6-8-12(11)15/h5-8,13,16H,3-4,9-10H2,1-2H3. The van der Waals surface area contributed by atoms with Crippen LogP contribution < -0.4 is 5.32 Å². The Hall–Kier alpha value is -1.42. The van der Waals surface area contributed by atoms with Gasteiger partial charge in [-0.15, -0.1) is 0 Å². The maximum Gasteiger partial charge on any atom is 0.322 e. The molecule has 1 aromatic rings. The zero-order valence-corrected chi connectivity index (χ0v) is 10.9. The minimum absolute atomic E-state index is 0.260. The topological polar surface area (TPSA) is 38.3 Å². The normalized spacial score (nSPS) is 12.2. The molecule has 100 valence electrons. The Balaban J connectivity index is 2.56. The number of hydrogen-bond acceptors (Lipinski definition) is 3. The van der Waals surface area contributed by atoms with Crippen LogP contribution in [0.1, 0.15) is 31.7 Å². The van der Waals surface area contributed by atoms with E-state index >= 15 is 0 Å². The molecule has 0 fully saturated rings. The Labute approximate surface area is 107 Å². The van der Waals surface area contributed by atoms with Crippen LogP contribution in [0.15, 0.2) is 24.3 Å². The molecule has 18 heavy (non-hydrogen) atoms. The maximum atomic E-state index is 13.4. The van der Waals surface area contributed by atoms with Crippen molar-refractivity contribution in [1.82, 2.24) is 5.32 Å². The van der Waals surface area contributed by atoms with Crippen LogP contribution in [-0.2, 0) is 16.1 Å². The lowest BCUT2D eigenvalue weighted by Crippen LogP contribution is -2.37. The van der Waals surface area contributed by atoms with Crippen molar-refractivity contribution >= 4 is 5.97 Å². The molecule has 0 aliphatic carbocycles. The summed E-state index contributed by atoms with van der Waals surface area (Å²) in [6.45, 7) is 2.39. The second-order valence-corrected chi connectivity index (χ2v) is 4.19. The van der Waals surface area contributed by atoms with E-state index in [1.165, 1.54) is 13.2 Å². The van der Waals surface area contributed by atoms with E-state index in [4.69, 9.17) is 4.74 Å². The van der Waals surface area contributed by atoms with E-state index in [2.05, 4.69) is 12.2 Å². The van der Waals surface area contributed by atoms with Crippen LogP contribution in [0.4, 0.5) is 4.39 Å². The van der Waals surface area contributed by atoms with Gasteiger partial charge in [-0.25, -0.2) is 4.39 Å². The number of hydrogen-bond donors (Lipinski definition) is 1. The Morgan fingerprint density at radius 1 is 1.44 bits per heavy atom. The van der Waals surface area contributed by atoms with Gasteiger partial charge in [-0.2, -0.15) is 0 Å². The Bertz CT molecular complexity index is 382. The van der Waals surface area contributed by atoms with E-state index in [0.717, 1.165) is 12.8 Å². The molecule has 0 aromatic heterocycles. The summed E-state index contributed by atoms with van der Waals surface area (Å²) in [5.74, 6) is -0.552. The molecule has 0 spiro atoms. The van der Waals surface area contributed by atoms with Gasteiger partial charge in [0.25, 0.3) is 0 Å². The first-order valence-electron chi connectivity index (χ1n) is 6.23. The summed E-state index contributed by atoms with van der Waals surface area (Å²) in [5.41, 5.74) is 0.558.